The molecule has 96 valence electrons. The minimum atomic E-state index is -0.803. The van der Waals surface area contributed by atoms with Crippen molar-refractivity contribution in [2.75, 3.05) is 0 Å². The van der Waals surface area contributed by atoms with Crippen LogP contribution in [-0.4, -0.2) is 30.7 Å². The SMILES string of the molecule is Cc1cc2nnc(CC(C)(C)CC(=O)O)n2cn1. The van der Waals surface area contributed by atoms with Gasteiger partial charge in [0.2, 0.25) is 0 Å². The quantitative estimate of drug-likeness (QED) is 0.886. The molecule has 6 heteroatoms. The number of nitrogens with zero attached hydrogens (tertiary/aromatic N) is 4. The first-order chi connectivity index (χ1) is 8.37. The maximum absolute atomic E-state index is 10.8. The van der Waals surface area contributed by atoms with Gasteiger partial charge >= 0.3 is 5.97 Å². The van der Waals surface area contributed by atoms with Crippen molar-refractivity contribution in [1.82, 2.24) is 19.6 Å². The second-order valence-electron chi connectivity index (χ2n) is 5.29. The van der Waals surface area contributed by atoms with Crippen LogP contribution in [-0.2, 0) is 11.2 Å². The largest absolute Gasteiger partial charge is 0.481 e. The number of carboxylic acids is 1. The number of carboxylic acid groups (broad SMARTS) is 1. The van der Waals surface area contributed by atoms with Crippen molar-refractivity contribution >= 4 is 11.6 Å². The molecular weight excluding hydrogens is 232 g/mol. The van der Waals surface area contributed by atoms with Gasteiger partial charge in [-0.05, 0) is 12.3 Å². The number of hydrogen-bond donors (Lipinski definition) is 1. The van der Waals surface area contributed by atoms with E-state index in [1.54, 1.807) is 10.7 Å². The van der Waals surface area contributed by atoms with Crippen LogP contribution in [0.4, 0.5) is 0 Å². The molecule has 2 rings (SSSR count). The molecule has 2 heterocycles. The molecule has 0 fully saturated rings. The lowest BCUT2D eigenvalue weighted by Crippen LogP contribution is -2.21. The van der Waals surface area contributed by atoms with E-state index in [1.165, 1.54) is 0 Å². The zero-order valence-corrected chi connectivity index (χ0v) is 10.7. The van der Waals surface area contributed by atoms with Gasteiger partial charge in [0.25, 0.3) is 0 Å². The normalized spacial score (nSPS) is 11.9. The Hall–Kier alpha value is -1.98. The number of aromatic nitrogens is 4. The fraction of sp³-hybridized carbons (Fsp3) is 0.500. The number of aryl methyl sites for hydroxylation is 1. The predicted molar refractivity (Wildman–Crippen MR) is 65.3 cm³/mol. The first kappa shape index (κ1) is 12.5. The third-order valence-electron chi connectivity index (χ3n) is 2.77. The summed E-state index contributed by atoms with van der Waals surface area (Å²) < 4.78 is 1.80. The number of rotatable bonds is 4. The van der Waals surface area contributed by atoms with Crippen LogP contribution in [0.3, 0.4) is 0 Å². The molecule has 0 radical (unpaired) electrons. The van der Waals surface area contributed by atoms with Crippen LogP contribution in [0.1, 0.15) is 31.8 Å². The molecule has 0 aliphatic rings. The van der Waals surface area contributed by atoms with Crippen LogP contribution >= 0.6 is 0 Å². The van der Waals surface area contributed by atoms with Crippen molar-refractivity contribution < 1.29 is 9.90 Å². The molecule has 1 N–H and O–H groups in total. The van der Waals surface area contributed by atoms with Gasteiger partial charge in [0.1, 0.15) is 12.2 Å². The van der Waals surface area contributed by atoms with E-state index in [0.717, 1.165) is 17.2 Å². The van der Waals surface area contributed by atoms with Crippen LogP contribution in [0.15, 0.2) is 12.4 Å². The molecule has 0 aliphatic carbocycles. The summed E-state index contributed by atoms with van der Waals surface area (Å²) in [6, 6.07) is 1.85. The van der Waals surface area contributed by atoms with Gasteiger partial charge in [-0.25, -0.2) is 4.98 Å². The Labute approximate surface area is 105 Å². The van der Waals surface area contributed by atoms with E-state index in [2.05, 4.69) is 15.2 Å². The number of carbonyl (C=O) groups is 1. The van der Waals surface area contributed by atoms with Gasteiger partial charge in [0.15, 0.2) is 5.65 Å². The van der Waals surface area contributed by atoms with Gasteiger partial charge in [-0.1, -0.05) is 13.8 Å². The highest BCUT2D eigenvalue weighted by Gasteiger charge is 2.24. The van der Waals surface area contributed by atoms with E-state index in [0.29, 0.717) is 6.42 Å². The lowest BCUT2D eigenvalue weighted by molar-refractivity contribution is -0.139. The van der Waals surface area contributed by atoms with E-state index in [4.69, 9.17) is 5.11 Å². The molecule has 0 spiro atoms. The van der Waals surface area contributed by atoms with Crippen LogP contribution in [0.2, 0.25) is 0 Å². The average Bonchev–Trinajstić information content (AvgIpc) is 2.57. The Morgan fingerprint density at radius 2 is 2.17 bits per heavy atom. The molecule has 2 aromatic heterocycles. The van der Waals surface area contributed by atoms with Crippen molar-refractivity contribution in [3.63, 3.8) is 0 Å². The molecule has 0 amide bonds. The monoisotopic (exact) mass is 248 g/mol. The van der Waals surface area contributed by atoms with Crippen LogP contribution in [0, 0.1) is 12.3 Å². The Bertz CT molecular complexity index is 589. The molecule has 2 aromatic rings. The van der Waals surface area contributed by atoms with Crippen LogP contribution in [0.25, 0.3) is 5.65 Å². The van der Waals surface area contributed by atoms with Gasteiger partial charge in [-0.3, -0.25) is 9.20 Å². The molecule has 0 saturated heterocycles. The van der Waals surface area contributed by atoms with Crippen LogP contribution < -0.4 is 0 Å². The summed E-state index contributed by atoms with van der Waals surface area (Å²) in [5.74, 6) is -0.0634. The lowest BCUT2D eigenvalue weighted by Gasteiger charge is -2.20. The van der Waals surface area contributed by atoms with E-state index in [1.807, 2.05) is 26.8 Å². The van der Waals surface area contributed by atoms with Gasteiger partial charge in [0, 0.05) is 18.2 Å². The van der Waals surface area contributed by atoms with Gasteiger partial charge in [-0.15, -0.1) is 10.2 Å². The van der Waals surface area contributed by atoms with Crippen molar-refractivity contribution in [3.8, 4) is 0 Å². The third-order valence-corrected chi connectivity index (χ3v) is 2.77. The Morgan fingerprint density at radius 1 is 1.44 bits per heavy atom. The van der Waals surface area contributed by atoms with Gasteiger partial charge in [0.05, 0.1) is 6.42 Å². The first-order valence-corrected chi connectivity index (χ1v) is 5.75. The Balaban J connectivity index is 2.29. The Morgan fingerprint density at radius 3 is 2.83 bits per heavy atom. The van der Waals surface area contributed by atoms with Crippen molar-refractivity contribution in [2.45, 2.75) is 33.6 Å². The highest BCUT2D eigenvalue weighted by atomic mass is 16.4. The fourth-order valence-corrected chi connectivity index (χ4v) is 1.96. The molecule has 6 nitrogen and oxygen atoms in total. The molecule has 0 unspecified atom stereocenters. The van der Waals surface area contributed by atoms with Crippen molar-refractivity contribution in [1.29, 1.82) is 0 Å². The minimum Gasteiger partial charge on any atom is -0.481 e. The van der Waals surface area contributed by atoms with E-state index < -0.39 is 5.97 Å². The van der Waals surface area contributed by atoms with Crippen LogP contribution in [0.5, 0.6) is 0 Å². The summed E-state index contributed by atoms with van der Waals surface area (Å²) in [6.45, 7) is 5.70. The molecule has 0 aliphatic heterocycles. The number of aliphatic carboxylic acids is 1. The highest BCUT2D eigenvalue weighted by Crippen LogP contribution is 2.25. The molecule has 18 heavy (non-hydrogen) atoms. The zero-order valence-electron chi connectivity index (χ0n) is 10.7. The molecule has 0 bridgehead atoms. The summed E-state index contributed by atoms with van der Waals surface area (Å²) in [5.41, 5.74) is 1.26. The van der Waals surface area contributed by atoms with E-state index >= 15 is 0 Å². The maximum Gasteiger partial charge on any atom is 0.303 e. The smallest absolute Gasteiger partial charge is 0.303 e. The first-order valence-electron chi connectivity index (χ1n) is 5.75. The standard InChI is InChI=1S/C12H16N4O2/c1-8-4-9-14-15-10(16(9)7-13-8)5-12(2,3)6-11(17)18/h4,7H,5-6H2,1-3H3,(H,17,18). The molecular formula is C12H16N4O2. The van der Waals surface area contributed by atoms with Crippen molar-refractivity contribution in [2.24, 2.45) is 5.41 Å². The second-order valence-corrected chi connectivity index (χ2v) is 5.29. The zero-order chi connectivity index (χ0) is 13.3. The summed E-state index contributed by atoms with van der Waals surface area (Å²) in [6.07, 6.45) is 2.32. The third kappa shape index (κ3) is 2.64. The average molecular weight is 248 g/mol. The predicted octanol–water partition coefficient (Wildman–Crippen LogP) is 1.48. The summed E-state index contributed by atoms with van der Waals surface area (Å²) in [5, 5.41) is 17.0. The van der Waals surface area contributed by atoms with Crippen molar-refractivity contribution in [3.05, 3.63) is 23.9 Å². The second kappa shape index (κ2) is 4.36. The summed E-state index contributed by atoms with van der Waals surface area (Å²) in [4.78, 5) is 15.0. The Kier molecular flexibility index (Phi) is 3.02. The maximum atomic E-state index is 10.8. The number of hydrogen-bond acceptors (Lipinski definition) is 4. The fourth-order valence-electron chi connectivity index (χ4n) is 1.96. The minimum absolute atomic E-state index is 0.0984. The lowest BCUT2D eigenvalue weighted by atomic mass is 9.85. The molecule has 0 atom stereocenters. The highest BCUT2D eigenvalue weighted by molar-refractivity contribution is 5.67. The molecule has 0 saturated carbocycles. The molecule has 0 aromatic carbocycles. The van der Waals surface area contributed by atoms with Gasteiger partial charge in [-0.2, -0.15) is 0 Å². The summed E-state index contributed by atoms with van der Waals surface area (Å²) >= 11 is 0. The number of fused-ring (bicyclic) bond motifs is 1. The van der Waals surface area contributed by atoms with Gasteiger partial charge < -0.3 is 5.11 Å². The van der Waals surface area contributed by atoms with E-state index in [-0.39, 0.29) is 11.8 Å². The summed E-state index contributed by atoms with van der Waals surface area (Å²) in [7, 11) is 0. The van der Waals surface area contributed by atoms with E-state index in [9.17, 15) is 4.79 Å². The topological polar surface area (TPSA) is 80.4 Å².